The van der Waals surface area contributed by atoms with Gasteiger partial charge in [-0.1, -0.05) is 23.7 Å². The minimum atomic E-state index is -0.646. The summed E-state index contributed by atoms with van der Waals surface area (Å²) >= 11 is 6.01. The number of rotatable bonds is 4. The number of carbonyl (C=O) groups excluding carboxylic acids is 2. The number of nitrogen functional groups attached to an aromatic ring is 1. The van der Waals surface area contributed by atoms with Crippen LogP contribution in [-0.4, -0.2) is 38.1 Å². The Morgan fingerprint density at radius 2 is 2.04 bits per heavy atom. The van der Waals surface area contributed by atoms with Gasteiger partial charge in [-0.3, -0.25) is 9.20 Å². The summed E-state index contributed by atoms with van der Waals surface area (Å²) in [7, 11) is 0. The van der Waals surface area contributed by atoms with Crippen LogP contribution < -0.4 is 11.1 Å². The van der Waals surface area contributed by atoms with Crippen LogP contribution in [0.2, 0.25) is 5.02 Å². The van der Waals surface area contributed by atoms with Gasteiger partial charge in [-0.2, -0.15) is 0 Å². The molecule has 0 unspecified atom stereocenters. The maximum atomic E-state index is 12.4. The monoisotopic (exact) mass is 360 g/mol. The van der Waals surface area contributed by atoms with Gasteiger partial charge in [0.25, 0.3) is 5.91 Å². The van der Waals surface area contributed by atoms with Gasteiger partial charge in [0.1, 0.15) is 12.1 Å². The van der Waals surface area contributed by atoms with Gasteiger partial charge in [0.05, 0.1) is 17.3 Å². The predicted molar refractivity (Wildman–Crippen MR) is 90.6 cm³/mol. The second kappa shape index (κ2) is 6.73. The van der Waals surface area contributed by atoms with Gasteiger partial charge < -0.3 is 15.8 Å². The molecule has 1 amide bonds. The number of aromatic nitrogens is 4. The molecule has 0 bridgehead atoms. The van der Waals surface area contributed by atoms with Crippen molar-refractivity contribution >= 4 is 40.6 Å². The van der Waals surface area contributed by atoms with Crippen LogP contribution in [0.3, 0.4) is 0 Å². The number of fused-ring (bicyclic) bond motifs is 1. The van der Waals surface area contributed by atoms with Gasteiger partial charge >= 0.3 is 5.97 Å². The summed E-state index contributed by atoms with van der Waals surface area (Å²) < 4.78 is 6.18. The van der Waals surface area contributed by atoms with E-state index in [1.54, 1.807) is 31.2 Å². The molecule has 2 aromatic heterocycles. The van der Waals surface area contributed by atoms with E-state index in [0.717, 1.165) is 0 Å². The van der Waals surface area contributed by atoms with E-state index >= 15 is 0 Å². The number of esters is 1. The van der Waals surface area contributed by atoms with Crippen molar-refractivity contribution in [2.45, 2.75) is 6.92 Å². The lowest BCUT2D eigenvalue weighted by molar-refractivity contribution is 0.0522. The predicted octanol–water partition coefficient (Wildman–Crippen LogP) is 1.79. The van der Waals surface area contributed by atoms with Crippen molar-refractivity contribution in [2.75, 3.05) is 17.7 Å². The Morgan fingerprint density at radius 3 is 2.76 bits per heavy atom. The Labute approximate surface area is 146 Å². The van der Waals surface area contributed by atoms with Crippen molar-refractivity contribution in [2.24, 2.45) is 0 Å². The minimum absolute atomic E-state index is 0.0161. The van der Waals surface area contributed by atoms with E-state index in [1.165, 1.54) is 10.7 Å². The van der Waals surface area contributed by atoms with Gasteiger partial charge in [0, 0.05) is 0 Å². The molecule has 128 valence electrons. The molecule has 25 heavy (non-hydrogen) atoms. The van der Waals surface area contributed by atoms with Crippen LogP contribution in [-0.2, 0) is 4.74 Å². The molecule has 0 aliphatic rings. The number of hydrogen-bond acceptors (Lipinski definition) is 7. The molecule has 0 aliphatic carbocycles. The highest BCUT2D eigenvalue weighted by Gasteiger charge is 2.22. The van der Waals surface area contributed by atoms with Crippen LogP contribution in [0.25, 0.3) is 5.65 Å². The normalized spacial score (nSPS) is 10.6. The molecule has 0 saturated heterocycles. The third kappa shape index (κ3) is 3.09. The van der Waals surface area contributed by atoms with Gasteiger partial charge in [0.2, 0.25) is 0 Å². The molecular formula is C15H13ClN6O3. The maximum Gasteiger partial charge on any atom is 0.360 e. The van der Waals surface area contributed by atoms with E-state index in [1.807, 2.05) is 0 Å². The smallest absolute Gasteiger partial charge is 0.360 e. The number of nitrogens with two attached hydrogens (primary N) is 1. The fourth-order valence-electron chi connectivity index (χ4n) is 2.13. The molecular weight excluding hydrogens is 348 g/mol. The van der Waals surface area contributed by atoms with Crippen LogP contribution in [0.15, 0.2) is 30.6 Å². The van der Waals surface area contributed by atoms with Crippen LogP contribution in [0, 0.1) is 0 Å². The van der Waals surface area contributed by atoms with E-state index in [0.29, 0.717) is 10.7 Å². The van der Waals surface area contributed by atoms with Crippen molar-refractivity contribution in [3.8, 4) is 0 Å². The lowest BCUT2D eigenvalue weighted by Gasteiger charge is -2.08. The number of imidazole rings is 1. The van der Waals surface area contributed by atoms with E-state index in [2.05, 4.69) is 20.5 Å². The van der Waals surface area contributed by atoms with Crippen molar-refractivity contribution in [3.63, 3.8) is 0 Å². The average molecular weight is 361 g/mol. The number of amides is 1. The summed E-state index contributed by atoms with van der Waals surface area (Å²) in [4.78, 5) is 28.2. The number of hydrogen-bond donors (Lipinski definition) is 2. The number of benzene rings is 1. The molecule has 9 nitrogen and oxygen atoms in total. The summed E-state index contributed by atoms with van der Waals surface area (Å²) in [6, 6.07) is 6.73. The lowest BCUT2D eigenvalue weighted by atomic mass is 10.3. The van der Waals surface area contributed by atoms with E-state index in [-0.39, 0.29) is 29.5 Å². The molecule has 10 heteroatoms. The van der Waals surface area contributed by atoms with Crippen molar-refractivity contribution < 1.29 is 14.3 Å². The number of anilines is 2. The standard InChI is InChI=1S/C15H13ClN6O3/c1-2-25-15(24)11-13-21-20-10(12(17)22(13)7-18-11)14(23)19-9-6-4-3-5-8(9)16/h3-7H,2,17H2,1H3,(H,19,23). The molecule has 3 aromatic rings. The van der Waals surface area contributed by atoms with E-state index in [4.69, 9.17) is 22.1 Å². The molecule has 0 fully saturated rings. The summed E-state index contributed by atoms with van der Waals surface area (Å²) in [6.07, 6.45) is 1.28. The summed E-state index contributed by atoms with van der Waals surface area (Å²) in [6.45, 7) is 1.87. The number of para-hydroxylation sites is 1. The van der Waals surface area contributed by atoms with Crippen molar-refractivity contribution in [1.82, 2.24) is 19.6 Å². The van der Waals surface area contributed by atoms with Crippen LogP contribution in [0.5, 0.6) is 0 Å². The molecule has 1 aromatic carbocycles. The average Bonchev–Trinajstić information content (AvgIpc) is 3.02. The highest BCUT2D eigenvalue weighted by molar-refractivity contribution is 6.33. The first-order chi connectivity index (χ1) is 12.0. The molecule has 3 N–H and O–H groups in total. The molecule has 0 aliphatic heterocycles. The van der Waals surface area contributed by atoms with E-state index < -0.39 is 11.9 Å². The fourth-order valence-corrected chi connectivity index (χ4v) is 2.31. The maximum absolute atomic E-state index is 12.4. The van der Waals surface area contributed by atoms with Gasteiger partial charge in [-0.15, -0.1) is 10.2 Å². The lowest BCUT2D eigenvalue weighted by Crippen LogP contribution is -2.19. The third-order valence-electron chi connectivity index (χ3n) is 3.30. The molecule has 0 spiro atoms. The zero-order valence-corrected chi connectivity index (χ0v) is 13.8. The number of nitrogens with one attached hydrogen (secondary N) is 1. The molecule has 0 saturated carbocycles. The highest BCUT2D eigenvalue weighted by Crippen LogP contribution is 2.22. The van der Waals surface area contributed by atoms with Crippen LogP contribution in [0.1, 0.15) is 27.9 Å². The first-order valence-electron chi connectivity index (χ1n) is 7.25. The zero-order chi connectivity index (χ0) is 18.0. The van der Waals surface area contributed by atoms with Crippen molar-refractivity contribution in [3.05, 3.63) is 47.0 Å². The Hall–Kier alpha value is -3.20. The molecule has 3 rings (SSSR count). The fraction of sp³-hybridized carbons (Fsp3) is 0.133. The van der Waals surface area contributed by atoms with Crippen LogP contribution in [0.4, 0.5) is 11.5 Å². The second-order valence-electron chi connectivity index (χ2n) is 4.88. The quantitative estimate of drug-likeness (QED) is 0.679. The molecule has 0 radical (unpaired) electrons. The SMILES string of the molecule is CCOC(=O)c1ncn2c(N)c(C(=O)Nc3ccccc3Cl)nnc12. The first-order valence-corrected chi connectivity index (χ1v) is 7.63. The minimum Gasteiger partial charge on any atom is -0.461 e. The van der Waals surface area contributed by atoms with Gasteiger partial charge in [0.15, 0.2) is 17.0 Å². The van der Waals surface area contributed by atoms with Crippen molar-refractivity contribution in [1.29, 1.82) is 0 Å². The summed E-state index contributed by atoms with van der Waals surface area (Å²) in [5, 5.41) is 10.6. The second-order valence-corrected chi connectivity index (χ2v) is 5.28. The number of carbonyl (C=O) groups is 2. The third-order valence-corrected chi connectivity index (χ3v) is 3.62. The summed E-state index contributed by atoms with van der Waals surface area (Å²) in [5.41, 5.74) is 6.33. The zero-order valence-electron chi connectivity index (χ0n) is 13.1. The number of nitrogens with zero attached hydrogens (tertiary/aromatic N) is 4. The Balaban J connectivity index is 1.95. The van der Waals surface area contributed by atoms with Gasteiger partial charge in [-0.25, -0.2) is 9.78 Å². The van der Waals surface area contributed by atoms with Gasteiger partial charge in [-0.05, 0) is 19.1 Å². The molecule has 0 atom stereocenters. The largest absolute Gasteiger partial charge is 0.461 e. The van der Waals surface area contributed by atoms with E-state index in [9.17, 15) is 9.59 Å². The number of ether oxygens (including phenoxy) is 1. The van der Waals surface area contributed by atoms with Crippen LogP contribution >= 0.6 is 11.6 Å². The Kier molecular flexibility index (Phi) is 4.48. The Bertz CT molecular complexity index is 971. The summed E-state index contributed by atoms with van der Waals surface area (Å²) in [5.74, 6) is -1.25. The first kappa shape index (κ1) is 16.7. The topological polar surface area (TPSA) is 124 Å². The number of halogens is 1. The highest BCUT2D eigenvalue weighted by atomic mass is 35.5. The Morgan fingerprint density at radius 1 is 1.28 bits per heavy atom. The molecule has 2 heterocycles.